The maximum Gasteiger partial charge on any atom is 0.300 e. The zero-order chi connectivity index (χ0) is 23.5. The Kier molecular flexibility index (Phi) is 6.08. The lowest BCUT2D eigenvalue weighted by Gasteiger charge is -2.24. The van der Waals surface area contributed by atoms with Crippen LogP contribution in [0.15, 0.2) is 70.9 Å². The summed E-state index contributed by atoms with van der Waals surface area (Å²) in [6.45, 7) is 2.29. The Hall–Kier alpha value is -4.20. The largest absolute Gasteiger partial charge is 0.506 e. The second kappa shape index (κ2) is 9.12. The number of ketones is 1. The van der Waals surface area contributed by atoms with E-state index < -0.39 is 23.5 Å². The van der Waals surface area contributed by atoms with E-state index in [1.807, 2.05) is 6.92 Å². The van der Waals surface area contributed by atoms with Crippen molar-refractivity contribution >= 4 is 23.1 Å². The molecule has 1 fully saturated rings. The van der Waals surface area contributed by atoms with E-state index >= 15 is 0 Å². The molecule has 1 N–H and O–H groups in total. The monoisotopic (exact) mass is 449 g/mol. The van der Waals surface area contributed by atoms with Crippen LogP contribution in [0.1, 0.15) is 24.3 Å². The molecule has 2 aromatic carbocycles. The maximum absolute atomic E-state index is 13.3. The highest BCUT2D eigenvalue weighted by molar-refractivity contribution is 6.51. The lowest BCUT2D eigenvalue weighted by atomic mass is 9.98. The van der Waals surface area contributed by atoms with Gasteiger partial charge in [0.05, 0.1) is 32.7 Å². The maximum atomic E-state index is 13.3. The van der Waals surface area contributed by atoms with Crippen LogP contribution in [-0.2, 0) is 9.59 Å². The Bertz CT molecular complexity index is 1190. The molecule has 0 aliphatic carbocycles. The quantitative estimate of drug-likeness (QED) is 0.326. The van der Waals surface area contributed by atoms with Crippen molar-refractivity contribution in [3.8, 4) is 17.2 Å². The molecule has 8 heteroatoms. The topological polar surface area (TPSA) is 98.4 Å². The molecule has 1 atom stereocenters. The van der Waals surface area contributed by atoms with Crippen molar-refractivity contribution < 1.29 is 33.3 Å². The fourth-order valence-electron chi connectivity index (χ4n) is 3.92. The van der Waals surface area contributed by atoms with E-state index in [9.17, 15) is 14.7 Å². The van der Waals surface area contributed by atoms with Gasteiger partial charge in [0.2, 0.25) is 0 Å². The van der Waals surface area contributed by atoms with E-state index in [0.29, 0.717) is 23.8 Å². The Morgan fingerprint density at radius 3 is 2.33 bits per heavy atom. The molecular weight excluding hydrogens is 426 g/mol. The normalized spacial score (nSPS) is 17.3. The zero-order valence-corrected chi connectivity index (χ0v) is 18.4. The van der Waals surface area contributed by atoms with Crippen LogP contribution in [0.4, 0.5) is 5.69 Å². The summed E-state index contributed by atoms with van der Waals surface area (Å²) < 4.78 is 21.9. The average molecular weight is 449 g/mol. The van der Waals surface area contributed by atoms with Gasteiger partial charge in [-0.1, -0.05) is 12.1 Å². The van der Waals surface area contributed by atoms with Gasteiger partial charge in [0, 0.05) is 11.8 Å². The predicted molar refractivity (Wildman–Crippen MR) is 121 cm³/mol. The molecule has 0 radical (unpaired) electrons. The molecule has 3 aromatic rings. The minimum atomic E-state index is -1.01. The fraction of sp³-hybridized carbons (Fsp3) is 0.200. The number of furan rings is 1. The van der Waals surface area contributed by atoms with E-state index in [2.05, 4.69) is 0 Å². The Morgan fingerprint density at radius 1 is 1.03 bits per heavy atom. The van der Waals surface area contributed by atoms with Gasteiger partial charge in [0.25, 0.3) is 11.7 Å². The average Bonchev–Trinajstić information content (AvgIpc) is 3.45. The van der Waals surface area contributed by atoms with E-state index in [0.717, 1.165) is 0 Å². The van der Waals surface area contributed by atoms with E-state index in [1.54, 1.807) is 54.6 Å². The lowest BCUT2D eigenvalue weighted by molar-refractivity contribution is -0.132. The van der Waals surface area contributed by atoms with E-state index in [4.69, 9.17) is 18.6 Å². The number of hydrogen-bond donors (Lipinski definition) is 1. The third-order valence-corrected chi connectivity index (χ3v) is 5.33. The highest BCUT2D eigenvalue weighted by Gasteiger charge is 2.49. The van der Waals surface area contributed by atoms with Crippen LogP contribution in [0.2, 0.25) is 0 Å². The number of carbonyl (C=O) groups excluding carboxylic acids is 2. The molecule has 0 bridgehead atoms. The van der Waals surface area contributed by atoms with Crippen molar-refractivity contribution in [2.45, 2.75) is 13.0 Å². The van der Waals surface area contributed by atoms with E-state index in [1.165, 1.54) is 25.4 Å². The number of carbonyl (C=O) groups is 2. The molecule has 1 aliphatic heterocycles. The summed E-state index contributed by atoms with van der Waals surface area (Å²) in [5.41, 5.74) is 0.454. The number of aliphatic hydroxyl groups excluding tert-OH is 1. The van der Waals surface area contributed by atoms with Gasteiger partial charge in [0.15, 0.2) is 0 Å². The Balaban J connectivity index is 1.95. The first-order chi connectivity index (χ1) is 16.0. The molecule has 33 heavy (non-hydrogen) atoms. The first-order valence-electron chi connectivity index (χ1n) is 10.3. The number of aliphatic hydroxyl groups is 1. The second-order valence-corrected chi connectivity index (χ2v) is 7.15. The van der Waals surface area contributed by atoms with Gasteiger partial charge in [-0.2, -0.15) is 0 Å². The van der Waals surface area contributed by atoms with Crippen molar-refractivity contribution in [2.75, 3.05) is 25.7 Å². The summed E-state index contributed by atoms with van der Waals surface area (Å²) in [6.07, 6.45) is 1.44. The molecule has 0 spiro atoms. The third-order valence-electron chi connectivity index (χ3n) is 5.33. The number of rotatable bonds is 7. The first-order valence-corrected chi connectivity index (χ1v) is 10.3. The fourth-order valence-corrected chi connectivity index (χ4v) is 3.92. The summed E-state index contributed by atoms with van der Waals surface area (Å²) in [4.78, 5) is 27.8. The molecule has 0 saturated carbocycles. The molecule has 1 saturated heterocycles. The molecule has 170 valence electrons. The minimum Gasteiger partial charge on any atom is -0.506 e. The van der Waals surface area contributed by atoms with Crippen molar-refractivity contribution in [3.63, 3.8) is 0 Å². The number of methoxy groups -OCH3 is 2. The Morgan fingerprint density at radius 2 is 1.73 bits per heavy atom. The molecule has 2 heterocycles. The van der Waals surface area contributed by atoms with Gasteiger partial charge < -0.3 is 23.7 Å². The summed E-state index contributed by atoms with van der Waals surface area (Å²) >= 11 is 0. The van der Waals surface area contributed by atoms with Crippen LogP contribution in [0.3, 0.4) is 0 Å². The van der Waals surface area contributed by atoms with Crippen LogP contribution in [-0.4, -0.2) is 37.6 Å². The summed E-state index contributed by atoms with van der Waals surface area (Å²) in [6, 6.07) is 14.1. The number of amides is 1. The molecule has 1 aromatic heterocycles. The van der Waals surface area contributed by atoms with Crippen molar-refractivity contribution in [1.82, 2.24) is 0 Å². The van der Waals surface area contributed by atoms with Gasteiger partial charge in [-0.15, -0.1) is 0 Å². The summed E-state index contributed by atoms with van der Waals surface area (Å²) in [5, 5.41) is 11.4. The minimum absolute atomic E-state index is 0.139. The number of Topliss-reactive ketones (excluding diaryl/α,β-unsaturated/α-hetero) is 1. The van der Waals surface area contributed by atoms with Gasteiger partial charge >= 0.3 is 0 Å². The van der Waals surface area contributed by atoms with Crippen LogP contribution < -0.4 is 19.1 Å². The second-order valence-electron chi connectivity index (χ2n) is 7.15. The van der Waals surface area contributed by atoms with Crippen molar-refractivity contribution in [3.05, 3.63) is 77.8 Å². The number of benzene rings is 2. The van der Waals surface area contributed by atoms with E-state index in [-0.39, 0.29) is 22.6 Å². The van der Waals surface area contributed by atoms with Crippen molar-refractivity contribution in [2.24, 2.45) is 0 Å². The first kappa shape index (κ1) is 22.0. The Labute approximate surface area is 190 Å². The van der Waals surface area contributed by atoms with Gasteiger partial charge in [-0.05, 0) is 43.3 Å². The number of nitrogens with zero attached hydrogens (tertiary/aromatic N) is 1. The molecule has 8 nitrogen and oxygen atoms in total. The van der Waals surface area contributed by atoms with Gasteiger partial charge in [-0.3, -0.25) is 14.5 Å². The molecular formula is C25H23NO7. The van der Waals surface area contributed by atoms with Crippen LogP contribution >= 0.6 is 0 Å². The summed E-state index contributed by atoms with van der Waals surface area (Å²) in [5.74, 6) is -0.659. The van der Waals surface area contributed by atoms with Crippen LogP contribution in [0.5, 0.6) is 17.2 Å². The number of anilines is 1. The highest BCUT2D eigenvalue weighted by atomic mass is 16.5. The highest BCUT2D eigenvalue weighted by Crippen LogP contribution is 2.45. The molecule has 4 rings (SSSR count). The molecule has 1 unspecified atom stereocenters. The smallest absolute Gasteiger partial charge is 0.300 e. The molecule has 1 amide bonds. The van der Waals surface area contributed by atoms with Gasteiger partial charge in [0.1, 0.15) is 40.4 Å². The molecule has 1 aliphatic rings. The standard InChI is InChI=1S/C25H23NO7/c1-4-32-16-9-5-8-15(14-16)26-22(19-12-7-13-33-19)21(24(28)25(26)29)23(27)20-17(30-2)10-6-11-18(20)31-3/h5-14,22,27H,4H2,1-3H3/b23-21+. The third kappa shape index (κ3) is 3.80. The van der Waals surface area contributed by atoms with Crippen LogP contribution in [0.25, 0.3) is 5.76 Å². The van der Waals surface area contributed by atoms with Gasteiger partial charge in [-0.25, -0.2) is 0 Å². The summed E-state index contributed by atoms with van der Waals surface area (Å²) in [7, 11) is 2.88. The number of ether oxygens (including phenoxy) is 3. The predicted octanol–water partition coefficient (Wildman–Crippen LogP) is 4.32. The lowest BCUT2D eigenvalue weighted by Crippen LogP contribution is -2.29. The SMILES string of the molecule is CCOc1cccc(N2C(=O)C(=O)/C(=C(/O)c3c(OC)cccc3OC)C2c2ccco2)c1. The number of hydrogen-bond acceptors (Lipinski definition) is 7. The van der Waals surface area contributed by atoms with Crippen molar-refractivity contribution in [1.29, 1.82) is 0 Å². The zero-order valence-electron chi connectivity index (χ0n) is 18.4. The van der Waals surface area contributed by atoms with Crippen LogP contribution in [0, 0.1) is 0 Å².